The Hall–Kier alpha value is -3.14. The van der Waals surface area contributed by atoms with Crippen LogP contribution < -0.4 is 10.1 Å². The largest absolute Gasteiger partial charge is 0.491 e. The van der Waals surface area contributed by atoms with E-state index in [-0.39, 0.29) is 18.0 Å². The number of piperidine rings is 1. The molecule has 2 aromatic heterocycles. The molecule has 1 atom stereocenters. The first-order valence-electron chi connectivity index (χ1n) is 11.7. The average Bonchev–Trinajstić information content (AvgIpc) is 3.44. The second kappa shape index (κ2) is 9.38. The van der Waals surface area contributed by atoms with Crippen molar-refractivity contribution in [1.29, 1.82) is 0 Å². The van der Waals surface area contributed by atoms with Crippen LogP contribution in [0.3, 0.4) is 0 Å². The molecule has 1 unspecified atom stereocenters. The van der Waals surface area contributed by atoms with Gasteiger partial charge in [0.15, 0.2) is 23.1 Å². The number of hydrogen-bond acceptors (Lipinski definition) is 5. The number of rotatable bonds is 5. The standard InChI is InChI=1S/C23H29FN6O3/c1-2-32-19-13-17-16(12-15(19)24)25-22(26-17)21-18(27-23(31)29-9-5-3-6-10-29)14-30(28-21)20-8-4-7-11-33-20/h12-14,20H,2-11H2,1H3,(H,25,26)(H,27,31). The van der Waals surface area contributed by atoms with Crippen LogP contribution in [-0.2, 0) is 4.74 Å². The number of amides is 2. The molecular weight excluding hydrogens is 427 g/mol. The van der Waals surface area contributed by atoms with Crippen LogP contribution in [0.15, 0.2) is 18.3 Å². The molecule has 5 rings (SSSR count). The topological polar surface area (TPSA) is 97.3 Å². The van der Waals surface area contributed by atoms with Crippen molar-refractivity contribution < 1.29 is 18.7 Å². The summed E-state index contributed by atoms with van der Waals surface area (Å²) >= 11 is 0. The molecule has 0 radical (unpaired) electrons. The number of benzene rings is 1. The van der Waals surface area contributed by atoms with Crippen molar-refractivity contribution in [2.24, 2.45) is 0 Å². The maximum Gasteiger partial charge on any atom is 0.321 e. The summed E-state index contributed by atoms with van der Waals surface area (Å²) in [6.45, 7) is 4.32. The number of carbonyl (C=O) groups excluding carboxylic acids is 1. The van der Waals surface area contributed by atoms with E-state index in [9.17, 15) is 9.18 Å². The summed E-state index contributed by atoms with van der Waals surface area (Å²) in [7, 11) is 0. The van der Waals surface area contributed by atoms with Crippen molar-refractivity contribution in [2.75, 3.05) is 31.6 Å². The Balaban J connectivity index is 1.50. The number of aromatic nitrogens is 4. The lowest BCUT2D eigenvalue weighted by Gasteiger charge is -2.26. The lowest BCUT2D eigenvalue weighted by Crippen LogP contribution is -2.38. The Morgan fingerprint density at radius 3 is 2.88 bits per heavy atom. The summed E-state index contributed by atoms with van der Waals surface area (Å²) < 4.78 is 27.3. The number of H-pyrrole nitrogens is 1. The zero-order valence-electron chi connectivity index (χ0n) is 18.8. The van der Waals surface area contributed by atoms with E-state index in [1.807, 2.05) is 4.90 Å². The van der Waals surface area contributed by atoms with Gasteiger partial charge in [-0.1, -0.05) is 0 Å². The molecule has 2 amide bonds. The predicted octanol–water partition coefficient (Wildman–Crippen LogP) is 4.68. The highest BCUT2D eigenvalue weighted by Gasteiger charge is 2.25. The van der Waals surface area contributed by atoms with E-state index in [0.29, 0.717) is 41.5 Å². The summed E-state index contributed by atoms with van der Waals surface area (Å²) in [6.07, 6.45) is 7.70. The molecule has 3 aromatic rings. The quantitative estimate of drug-likeness (QED) is 0.581. The molecule has 0 bridgehead atoms. The molecule has 0 aliphatic carbocycles. The van der Waals surface area contributed by atoms with E-state index in [4.69, 9.17) is 14.6 Å². The molecule has 10 heteroatoms. The van der Waals surface area contributed by atoms with E-state index in [0.717, 1.165) is 51.6 Å². The highest BCUT2D eigenvalue weighted by Crippen LogP contribution is 2.32. The highest BCUT2D eigenvalue weighted by molar-refractivity contribution is 5.93. The Kier molecular flexibility index (Phi) is 6.17. The van der Waals surface area contributed by atoms with E-state index in [1.54, 1.807) is 23.9 Å². The summed E-state index contributed by atoms with van der Waals surface area (Å²) in [5.41, 5.74) is 2.13. The maximum atomic E-state index is 14.4. The first-order chi connectivity index (χ1) is 16.1. The normalized spacial score (nSPS) is 19.1. The minimum Gasteiger partial charge on any atom is -0.491 e. The zero-order valence-corrected chi connectivity index (χ0v) is 18.8. The number of aromatic amines is 1. The number of anilines is 1. The Morgan fingerprint density at radius 1 is 1.27 bits per heavy atom. The number of imidazole rings is 1. The van der Waals surface area contributed by atoms with Gasteiger partial charge in [0.25, 0.3) is 0 Å². The van der Waals surface area contributed by atoms with E-state index in [1.165, 1.54) is 6.07 Å². The number of nitrogens with one attached hydrogen (secondary N) is 2. The molecule has 1 aromatic carbocycles. The monoisotopic (exact) mass is 456 g/mol. The van der Waals surface area contributed by atoms with Crippen molar-refractivity contribution in [2.45, 2.75) is 51.7 Å². The number of halogens is 1. The molecule has 2 aliphatic rings. The Bertz CT molecular complexity index is 1130. The summed E-state index contributed by atoms with van der Waals surface area (Å²) in [4.78, 5) is 22.5. The van der Waals surface area contributed by atoms with Gasteiger partial charge >= 0.3 is 6.03 Å². The second-order valence-electron chi connectivity index (χ2n) is 8.49. The van der Waals surface area contributed by atoms with Crippen LogP contribution in [0.2, 0.25) is 0 Å². The second-order valence-corrected chi connectivity index (χ2v) is 8.49. The van der Waals surface area contributed by atoms with Gasteiger partial charge in [-0.15, -0.1) is 0 Å². The number of ether oxygens (including phenoxy) is 2. The van der Waals surface area contributed by atoms with Gasteiger partial charge in [-0.05, 0) is 45.4 Å². The van der Waals surface area contributed by atoms with Crippen LogP contribution in [0.5, 0.6) is 5.75 Å². The third-order valence-corrected chi connectivity index (χ3v) is 6.13. The first kappa shape index (κ1) is 21.7. The van der Waals surface area contributed by atoms with Gasteiger partial charge in [-0.3, -0.25) is 0 Å². The lowest BCUT2D eigenvalue weighted by atomic mass is 10.1. The first-order valence-corrected chi connectivity index (χ1v) is 11.7. The average molecular weight is 457 g/mol. The number of likely N-dealkylation sites (tertiary alicyclic amines) is 1. The molecule has 2 fully saturated rings. The highest BCUT2D eigenvalue weighted by atomic mass is 19.1. The number of nitrogens with zero attached hydrogens (tertiary/aromatic N) is 4. The van der Waals surface area contributed by atoms with Gasteiger partial charge in [0.1, 0.15) is 6.23 Å². The van der Waals surface area contributed by atoms with Crippen molar-refractivity contribution >= 4 is 22.8 Å². The summed E-state index contributed by atoms with van der Waals surface area (Å²) in [5, 5.41) is 7.73. The molecule has 2 saturated heterocycles. The third kappa shape index (κ3) is 4.52. The number of hydrogen-bond donors (Lipinski definition) is 2. The van der Waals surface area contributed by atoms with Gasteiger partial charge in [-0.2, -0.15) is 5.10 Å². The third-order valence-electron chi connectivity index (χ3n) is 6.13. The van der Waals surface area contributed by atoms with E-state index >= 15 is 0 Å². The summed E-state index contributed by atoms with van der Waals surface area (Å²) in [6, 6.07) is 2.78. The molecule has 4 heterocycles. The van der Waals surface area contributed by atoms with Crippen LogP contribution in [0.25, 0.3) is 22.6 Å². The van der Waals surface area contributed by atoms with Gasteiger partial charge in [0, 0.05) is 31.8 Å². The van der Waals surface area contributed by atoms with Crippen LogP contribution in [0, 0.1) is 5.82 Å². The number of urea groups is 1. The fraction of sp³-hybridized carbons (Fsp3) is 0.522. The van der Waals surface area contributed by atoms with E-state index < -0.39 is 5.82 Å². The smallest absolute Gasteiger partial charge is 0.321 e. The lowest BCUT2D eigenvalue weighted by molar-refractivity contribution is -0.0393. The zero-order chi connectivity index (χ0) is 22.8. The Labute approximate surface area is 191 Å². The van der Waals surface area contributed by atoms with Crippen molar-refractivity contribution in [3.8, 4) is 17.3 Å². The van der Waals surface area contributed by atoms with Gasteiger partial charge in [0.05, 0.1) is 29.5 Å². The van der Waals surface area contributed by atoms with Crippen molar-refractivity contribution in [3.63, 3.8) is 0 Å². The molecule has 0 saturated carbocycles. The van der Waals surface area contributed by atoms with Crippen molar-refractivity contribution in [1.82, 2.24) is 24.6 Å². The predicted molar refractivity (Wildman–Crippen MR) is 122 cm³/mol. The fourth-order valence-electron chi connectivity index (χ4n) is 4.42. The molecule has 2 N–H and O–H groups in total. The van der Waals surface area contributed by atoms with Gasteiger partial charge in [0.2, 0.25) is 0 Å². The Morgan fingerprint density at radius 2 is 2.12 bits per heavy atom. The minimum absolute atomic E-state index is 0.152. The molecule has 33 heavy (non-hydrogen) atoms. The fourth-order valence-corrected chi connectivity index (χ4v) is 4.42. The molecular formula is C23H29FN6O3. The van der Waals surface area contributed by atoms with Crippen LogP contribution in [0.1, 0.15) is 51.7 Å². The molecule has 176 valence electrons. The van der Waals surface area contributed by atoms with E-state index in [2.05, 4.69) is 15.3 Å². The maximum absolute atomic E-state index is 14.4. The molecule has 0 spiro atoms. The van der Waals surface area contributed by atoms with Crippen LogP contribution in [0.4, 0.5) is 14.9 Å². The van der Waals surface area contributed by atoms with Gasteiger partial charge < -0.3 is 24.7 Å². The molecule has 9 nitrogen and oxygen atoms in total. The van der Waals surface area contributed by atoms with Crippen LogP contribution >= 0.6 is 0 Å². The minimum atomic E-state index is -0.459. The summed E-state index contributed by atoms with van der Waals surface area (Å²) in [5.74, 6) is 0.142. The SMILES string of the molecule is CCOc1cc2nc(-c3nn(C4CCCCO4)cc3NC(=O)N3CCCCC3)[nH]c2cc1F. The number of carbonyl (C=O) groups is 1. The number of fused-ring (bicyclic) bond motifs is 1. The van der Waals surface area contributed by atoms with Crippen LogP contribution in [-0.4, -0.2) is 57.0 Å². The molecule has 2 aliphatic heterocycles. The van der Waals surface area contributed by atoms with Crippen molar-refractivity contribution in [3.05, 3.63) is 24.1 Å². The van der Waals surface area contributed by atoms with Gasteiger partial charge in [-0.25, -0.2) is 18.9 Å².